The molecule has 0 bridgehead atoms. The number of amides is 2. The van der Waals surface area contributed by atoms with Crippen LogP contribution in [0.15, 0.2) is 54.6 Å². The first-order valence-electron chi connectivity index (χ1n) is 10.3. The van der Waals surface area contributed by atoms with Crippen molar-refractivity contribution in [3.63, 3.8) is 0 Å². The molecule has 146 valence electrons. The molecule has 1 atom stereocenters. The number of nitrogens with zero attached hydrogens (tertiary/aromatic N) is 1. The van der Waals surface area contributed by atoms with Crippen LogP contribution in [0.5, 0.6) is 0 Å². The van der Waals surface area contributed by atoms with Crippen LogP contribution < -0.4 is 5.32 Å². The van der Waals surface area contributed by atoms with Crippen LogP contribution in [-0.4, -0.2) is 28.3 Å². The summed E-state index contributed by atoms with van der Waals surface area (Å²) in [5.74, 6) is -0.0594. The maximum absolute atomic E-state index is 13.5. The predicted octanol–water partition coefficient (Wildman–Crippen LogP) is 4.09. The van der Waals surface area contributed by atoms with E-state index in [4.69, 9.17) is 0 Å². The zero-order valence-corrected chi connectivity index (χ0v) is 16.5. The Labute approximate surface area is 166 Å². The van der Waals surface area contributed by atoms with Crippen molar-refractivity contribution < 1.29 is 9.59 Å². The molecule has 28 heavy (non-hydrogen) atoms. The lowest BCUT2D eigenvalue weighted by atomic mass is 9.79. The first-order valence-corrected chi connectivity index (χ1v) is 10.3. The van der Waals surface area contributed by atoms with Crippen LogP contribution in [-0.2, 0) is 17.8 Å². The van der Waals surface area contributed by atoms with Crippen LogP contribution >= 0.6 is 0 Å². The zero-order chi connectivity index (χ0) is 19.6. The van der Waals surface area contributed by atoms with Crippen LogP contribution in [0.1, 0.15) is 60.5 Å². The number of carbonyl (C=O) groups is 2. The van der Waals surface area contributed by atoms with Crippen molar-refractivity contribution in [1.29, 1.82) is 0 Å². The minimum atomic E-state index is -0.859. The fourth-order valence-corrected chi connectivity index (χ4v) is 4.76. The molecule has 0 radical (unpaired) electrons. The van der Waals surface area contributed by atoms with Gasteiger partial charge in [0.15, 0.2) is 0 Å². The van der Waals surface area contributed by atoms with Crippen LogP contribution in [0.3, 0.4) is 0 Å². The molecule has 2 aromatic rings. The average molecular weight is 377 g/mol. The topological polar surface area (TPSA) is 49.4 Å². The van der Waals surface area contributed by atoms with Crippen LogP contribution in [0, 0.1) is 0 Å². The fraction of sp³-hybridized carbons (Fsp3) is 0.417. The molecule has 1 N–H and O–H groups in total. The summed E-state index contributed by atoms with van der Waals surface area (Å²) < 4.78 is 0. The molecule has 2 amide bonds. The molecular formula is C24H28N2O2. The van der Waals surface area contributed by atoms with E-state index in [1.54, 1.807) is 0 Å². The molecule has 2 aliphatic rings. The molecule has 4 nitrogen and oxygen atoms in total. The monoisotopic (exact) mass is 376 g/mol. The molecule has 1 saturated carbocycles. The van der Waals surface area contributed by atoms with E-state index in [1.807, 2.05) is 66.4 Å². The fourth-order valence-electron chi connectivity index (χ4n) is 4.76. The van der Waals surface area contributed by atoms with E-state index in [0.29, 0.717) is 13.0 Å². The molecule has 0 aromatic heterocycles. The highest BCUT2D eigenvalue weighted by molar-refractivity contribution is 6.02. The minimum absolute atomic E-state index is 0.00566. The van der Waals surface area contributed by atoms with Crippen molar-refractivity contribution in [1.82, 2.24) is 10.2 Å². The maximum atomic E-state index is 13.5. The summed E-state index contributed by atoms with van der Waals surface area (Å²) in [6.45, 7) is 2.42. The van der Waals surface area contributed by atoms with Crippen LogP contribution in [0.4, 0.5) is 0 Å². The Kier molecular flexibility index (Phi) is 5.21. The van der Waals surface area contributed by atoms with Gasteiger partial charge in [0, 0.05) is 24.6 Å². The van der Waals surface area contributed by atoms with Crippen molar-refractivity contribution in [2.24, 2.45) is 0 Å². The third-order valence-corrected chi connectivity index (χ3v) is 6.26. The Morgan fingerprint density at radius 2 is 1.71 bits per heavy atom. The average Bonchev–Trinajstić information content (AvgIpc) is 2.73. The van der Waals surface area contributed by atoms with Gasteiger partial charge in [0.05, 0.1) is 0 Å². The maximum Gasteiger partial charge on any atom is 0.255 e. The number of hydrogen-bond acceptors (Lipinski definition) is 2. The quantitative estimate of drug-likeness (QED) is 0.874. The molecule has 0 spiro atoms. The zero-order valence-electron chi connectivity index (χ0n) is 16.5. The Morgan fingerprint density at radius 1 is 1.04 bits per heavy atom. The second kappa shape index (κ2) is 7.78. The standard InChI is InChI=1S/C24H28N2O2/c1-24(23(28)25-17-18-10-4-2-5-11-18)16-19-12-8-9-15-21(19)22(27)26(24)20-13-6-3-7-14-20/h2,4-5,8-12,15,20H,3,6-7,13-14,16-17H2,1H3,(H,25,28)/t24-/m1/s1. The first-order chi connectivity index (χ1) is 13.6. The van der Waals surface area contributed by atoms with Gasteiger partial charge in [-0.25, -0.2) is 0 Å². The van der Waals surface area contributed by atoms with Crippen molar-refractivity contribution >= 4 is 11.8 Å². The van der Waals surface area contributed by atoms with E-state index < -0.39 is 5.54 Å². The minimum Gasteiger partial charge on any atom is -0.350 e. The van der Waals surface area contributed by atoms with Gasteiger partial charge in [0.2, 0.25) is 5.91 Å². The number of hydrogen-bond donors (Lipinski definition) is 1. The number of benzene rings is 2. The Morgan fingerprint density at radius 3 is 2.46 bits per heavy atom. The normalized spacial score (nSPS) is 22.6. The molecule has 2 aromatic carbocycles. The van der Waals surface area contributed by atoms with Crippen LogP contribution in [0.2, 0.25) is 0 Å². The summed E-state index contributed by atoms with van der Waals surface area (Å²) in [7, 11) is 0. The van der Waals surface area contributed by atoms with Crippen molar-refractivity contribution in [3.05, 3.63) is 71.3 Å². The molecule has 1 aliphatic carbocycles. The van der Waals surface area contributed by atoms with E-state index >= 15 is 0 Å². The highest BCUT2D eigenvalue weighted by atomic mass is 16.2. The van der Waals surface area contributed by atoms with Gasteiger partial charge in [0.25, 0.3) is 5.91 Å². The number of carbonyl (C=O) groups excluding carboxylic acids is 2. The molecule has 0 unspecified atom stereocenters. The van der Waals surface area contributed by atoms with Gasteiger partial charge in [-0.2, -0.15) is 0 Å². The Balaban J connectivity index is 1.64. The summed E-state index contributed by atoms with van der Waals surface area (Å²) in [6, 6.07) is 17.8. The van der Waals surface area contributed by atoms with Crippen LogP contribution in [0.25, 0.3) is 0 Å². The van der Waals surface area contributed by atoms with Gasteiger partial charge in [0.1, 0.15) is 5.54 Å². The molecular weight excluding hydrogens is 348 g/mol. The van der Waals surface area contributed by atoms with E-state index in [2.05, 4.69) is 5.32 Å². The lowest BCUT2D eigenvalue weighted by molar-refractivity contribution is -0.133. The molecule has 4 heteroatoms. The molecule has 1 aliphatic heterocycles. The summed E-state index contributed by atoms with van der Waals surface area (Å²) >= 11 is 0. The van der Waals surface area contributed by atoms with E-state index in [1.165, 1.54) is 6.42 Å². The Hall–Kier alpha value is -2.62. The smallest absolute Gasteiger partial charge is 0.255 e. The van der Waals surface area contributed by atoms with Crippen molar-refractivity contribution in [3.8, 4) is 0 Å². The van der Waals surface area contributed by atoms with Crippen molar-refractivity contribution in [2.45, 2.75) is 63.6 Å². The number of rotatable bonds is 4. The second-order valence-corrected chi connectivity index (χ2v) is 8.24. The summed E-state index contributed by atoms with van der Waals surface area (Å²) in [5.41, 5.74) is 1.92. The molecule has 4 rings (SSSR count). The van der Waals surface area contributed by atoms with Gasteiger partial charge < -0.3 is 10.2 Å². The van der Waals surface area contributed by atoms with Gasteiger partial charge >= 0.3 is 0 Å². The van der Waals surface area contributed by atoms with E-state index in [0.717, 1.165) is 42.4 Å². The summed E-state index contributed by atoms with van der Waals surface area (Å²) in [4.78, 5) is 28.8. The lowest BCUT2D eigenvalue weighted by Crippen LogP contribution is -2.65. The lowest BCUT2D eigenvalue weighted by Gasteiger charge is -2.49. The number of fused-ring (bicyclic) bond motifs is 1. The molecule has 1 fully saturated rings. The largest absolute Gasteiger partial charge is 0.350 e. The third-order valence-electron chi connectivity index (χ3n) is 6.26. The Bertz CT molecular complexity index is 858. The van der Waals surface area contributed by atoms with Gasteiger partial charge in [-0.05, 0) is 37.0 Å². The van der Waals surface area contributed by atoms with Gasteiger partial charge in [-0.15, -0.1) is 0 Å². The van der Waals surface area contributed by atoms with Gasteiger partial charge in [-0.1, -0.05) is 67.8 Å². The summed E-state index contributed by atoms with van der Waals surface area (Å²) in [5, 5.41) is 3.10. The van der Waals surface area contributed by atoms with E-state index in [-0.39, 0.29) is 17.9 Å². The third kappa shape index (κ3) is 3.44. The first kappa shape index (κ1) is 18.7. The molecule has 1 heterocycles. The second-order valence-electron chi connectivity index (χ2n) is 8.24. The summed E-state index contributed by atoms with van der Waals surface area (Å²) in [6.07, 6.45) is 5.98. The van der Waals surface area contributed by atoms with E-state index in [9.17, 15) is 9.59 Å². The SMILES string of the molecule is C[C@]1(C(=O)NCc2ccccc2)Cc2ccccc2C(=O)N1C1CCCCC1. The van der Waals surface area contributed by atoms with Gasteiger partial charge in [-0.3, -0.25) is 9.59 Å². The highest BCUT2D eigenvalue weighted by Gasteiger charge is 2.49. The predicted molar refractivity (Wildman–Crippen MR) is 110 cm³/mol. The molecule has 0 saturated heterocycles. The number of nitrogens with one attached hydrogen (secondary N) is 1. The highest BCUT2D eigenvalue weighted by Crippen LogP contribution is 2.37. The van der Waals surface area contributed by atoms with Crippen molar-refractivity contribution in [2.75, 3.05) is 0 Å².